The van der Waals surface area contributed by atoms with Crippen molar-refractivity contribution in [3.8, 4) is 0 Å². The predicted octanol–water partition coefficient (Wildman–Crippen LogP) is 3.35. The van der Waals surface area contributed by atoms with Gasteiger partial charge in [0.2, 0.25) is 0 Å². The lowest BCUT2D eigenvalue weighted by Gasteiger charge is -1.90. The minimum absolute atomic E-state index is 0.834. The summed E-state index contributed by atoms with van der Waals surface area (Å²) in [6.45, 7) is 0. The monoisotopic (exact) mass is 306 g/mol. The Balaban J connectivity index is 2.81. The lowest BCUT2D eigenvalue weighted by Crippen LogP contribution is -1.78. The second kappa shape index (κ2) is 3.40. The summed E-state index contributed by atoms with van der Waals surface area (Å²) in [6, 6.07) is 0. The predicted molar refractivity (Wildman–Crippen MR) is 57.7 cm³/mol. The summed E-state index contributed by atoms with van der Waals surface area (Å²) in [6.07, 6.45) is 3.42. The Labute approximate surface area is 90.3 Å². The summed E-state index contributed by atoms with van der Waals surface area (Å²) in [4.78, 5) is 9.19. The van der Waals surface area contributed by atoms with Crippen LogP contribution in [0.25, 0.3) is 10.2 Å². The van der Waals surface area contributed by atoms with E-state index in [-0.39, 0.29) is 0 Å². The molecule has 2 heterocycles. The smallest absolute Gasteiger partial charge is 0.128 e. The maximum absolute atomic E-state index is 4.17. The molecule has 0 fully saturated rings. The molecule has 0 unspecified atom stereocenters. The summed E-state index contributed by atoms with van der Waals surface area (Å²) < 4.78 is 1.13. The molecule has 2 rings (SSSR count). The molecule has 0 spiro atoms. The second-order valence-electron chi connectivity index (χ2n) is 2.23. The third-order valence-corrected chi connectivity index (χ3v) is 4.03. The standard InChI is InChI=1S/C7H4Br2N2S/c8-1-4-5-2-10-3-11-7(5)12-6(4)9/h2-3H,1H2. The Bertz CT molecular complexity index is 413. The van der Waals surface area contributed by atoms with Gasteiger partial charge in [0.25, 0.3) is 0 Å². The van der Waals surface area contributed by atoms with Gasteiger partial charge < -0.3 is 0 Å². The van der Waals surface area contributed by atoms with Crippen LogP contribution < -0.4 is 0 Å². The molecule has 0 bridgehead atoms. The van der Waals surface area contributed by atoms with Crippen LogP contribution in [0.1, 0.15) is 5.56 Å². The molecule has 5 heteroatoms. The molecule has 0 amide bonds. The van der Waals surface area contributed by atoms with Gasteiger partial charge >= 0.3 is 0 Å². The first kappa shape index (κ1) is 8.59. The Hall–Kier alpha value is -0.000000000000000167. The SMILES string of the molecule is BrCc1c(Br)sc2ncncc12. The first-order valence-electron chi connectivity index (χ1n) is 3.25. The van der Waals surface area contributed by atoms with Gasteiger partial charge in [0, 0.05) is 16.9 Å². The Morgan fingerprint density at radius 3 is 3.08 bits per heavy atom. The van der Waals surface area contributed by atoms with Crippen LogP contribution in [0.2, 0.25) is 0 Å². The number of fused-ring (bicyclic) bond motifs is 1. The molecule has 0 saturated carbocycles. The molecule has 0 aliphatic carbocycles. The van der Waals surface area contributed by atoms with Crippen molar-refractivity contribution in [2.24, 2.45) is 0 Å². The van der Waals surface area contributed by atoms with E-state index in [1.807, 2.05) is 6.20 Å². The highest BCUT2D eigenvalue weighted by molar-refractivity contribution is 9.11. The molecule has 0 aliphatic rings. The van der Waals surface area contributed by atoms with Crippen molar-refractivity contribution in [1.29, 1.82) is 0 Å². The second-order valence-corrected chi connectivity index (χ2v) is 5.11. The van der Waals surface area contributed by atoms with Crippen molar-refractivity contribution in [3.05, 3.63) is 21.9 Å². The molecule has 2 nitrogen and oxygen atoms in total. The van der Waals surface area contributed by atoms with Gasteiger partial charge in [-0.3, -0.25) is 0 Å². The number of nitrogens with zero attached hydrogens (tertiary/aromatic N) is 2. The van der Waals surface area contributed by atoms with Crippen molar-refractivity contribution in [2.45, 2.75) is 5.33 Å². The highest BCUT2D eigenvalue weighted by Crippen LogP contribution is 2.34. The van der Waals surface area contributed by atoms with E-state index in [0.717, 1.165) is 19.3 Å². The van der Waals surface area contributed by atoms with Gasteiger partial charge in [-0.15, -0.1) is 11.3 Å². The van der Waals surface area contributed by atoms with E-state index < -0.39 is 0 Å². The van der Waals surface area contributed by atoms with Gasteiger partial charge in [-0.2, -0.15) is 0 Å². The van der Waals surface area contributed by atoms with E-state index in [4.69, 9.17) is 0 Å². The Kier molecular flexibility index (Phi) is 2.43. The highest BCUT2D eigenvalue weighted by Gasteiger charge is 2.08. The fourth-order valence-electron chi connectivity index (χ4n) is 0.984. The number of alkyl halides is 1. The number of aromatic nitrogens is 2. The van der Waals surface area contributed by atoms with Crippen molar-refractivity contribution in [1.82, 2.24) is 9.97 Å². The lowest BCUT2D eigenvalue weighted by atomic mass is 10.3. The summed E-state index contributed by atoms with van der Waals surface area (Å²) in [7, 11) is 0. The van der Waals surface area contributed by atoms with Crippen LogP contribution in [-0.4, -0.2) is 9.97 Å². The van der Waals surface area contributed by atoms with Crippen molar-refractivity contribution < 1.29 is 0 Å². The van der Waals surface area contributed by atoms with Crippen molar-refractivity contribution in [2.75, 3.05) is 0 Å². The molecular weight excluding hydrogens is 304 g/mol. The Morgan fingerprint density at radius 1 is 1.50 bits per heavy atom. The fraction of sp³-hybridized carbons (Fsp3) is 0.143. The summed E-state index contributed by atoms with van der Waals surface area (Å²) >= 11 is 8.56. The van der Waals surface area contributed by atoms with E-state index in [9.17, 15) is 0 Å². The number of hydrogen-bond acceptors (Lipinski definition) is 3. The quantitative estimate of drug-likeness (QED) is 0.755. The minimum atomic E-state index is 0.834. The molecule has 0 aliphatic heterocycles. The zero-order valence-corrected chi connectivity index (χ0v) is 9.91. The van der Waals surface area contributed by atoms with Crippen LogP contribution in [-0.2, 0) is 5.33 Å². The first-order chi connectivity index (χ1) is 5.83. The van der Waals surface area contributed by atoms with Crippen LogP contribution >= 0.6 is 43.2 Å². The topological polar surface area (TPSA) is 25.8 Å². The minimum Gasteiger partial charge on any atom is -0.244 e. The van der Waals surface area contributed by atoms with Gasteiger partial charge in [-0.1, -0.05) is 15.9 Å². The molecule has 62 valence electrons. The molecule has 0 atom stereocenters. The summed E-state index contributed by atoms with van der Waals surface area (Å²) in [5.74, 6) is 0. The fourth-order valence-corrected chi connectivity index (χ4v) is 3.80. The third kappa shape index (κ3) is 1.30. The van der Waals surface area contributed by atoms with Gasteiger partial charge in [-0.25, -0.2) is 9.97 Å². The van der Waals surface area contributed by atoms with E-state index in [1.54, 1.807) is 17.7 Å². The van der Waals surface area contributed by atoms with Crippen LogP contribution in [0, 0.1) is 0 Å². The van der Waals surface area contributed by atoms with Crippen LogP contribution in [0.15, 0.2) is 16.3 Å². The van der Waals surface area contributed by atoms with Crippen LogP contribution in [0.4, 0.5) is 0 Å². The van der Waals surface area contributed by atoms with Crippen molar-refractivity contribution >= 4 is 53.4 Å². The largest absolute Gasteiger partial charge is 0.244 e. The summed E-state index contributed by atoms with van der Waals surface area (Å²) in [5, 5.41) is 1.97. The maximum Gasteiger partial charge on any atom is 0.128 e. The molecule has 2 aromatic rings. The van der Waals surface area contributed by atoms with Crippen LogP contribution in [0.5, 0.6) is 0 Å². The van der Waals surface area contributed by atoms with E-state index in [1.165, 1.54) is 5.56 Å². The number of halogens is 2. The molecule has 0 saturated heterocycles. The van der Waals surface area contributed by atoms with Crippen LogP contribution in [0.3, 0.4) is 0 Å². The normalized spacial score (nSPS) is 10.8. The molecule has 0 radical (unpaired) electrons. The van der Waals surface area contributed by atoms with Gasteiger partial charge in [0.15, 0.2) is 0 Å². The van der Waals surface area contributed by atoms with Gasteiger partial charge in [0.1, 0.15) is 11.2 Å². The number of hydrogen-bond donors (Lipinski definition) is 0. The highest BCUT2D eigenvalue weighted by atomic mass is 79.9. The molecule has 2 aromatic heterocycles. The molecule has 12 heavy (non-hydrogen) atoms. The average molecular weight is 308 g/mol. The number of rotatable bonds is 1. The Morgan fingerprint density at radius 2 is 2.33 bits per heavy atom. The summed E-state index contributed by atoms with van der Waals surface area (Å²) in [5.41, 5.74) is 1.23. The molecule has 0 aromatic carbocycles. The first-order valence-corrected chi connectivity index (χ1v) is 5.99. The van der Waals surface area contributed by atoms with Gasteiger partial charge in [0.05, 0.1) is 3.79 Å². The zero-order chi connectivity index (χ0) is 8.55. The third-order valence-electron chi connectivity index (χ3n) is 1.56. The van der Waals surface area contributed by atoms with E-state index in [2.05, 4.69) is 41.8 Å². The maximum atomic E-state index is 4.17. The lowest BCUT2D eigenvalue weighted by molar-refractivity contribution is 1.23. The van der Waals surface area contributed by atoms with Gasteiger partial charge in [-0.05, 0) is 21.5 Å². The molecular formula is C7H4Br2N2S. The van der Waals surface area contributed by atoms with E-state index in [0.29, 0.717) is 0 Å². The van der Waals surface area contributed by atoms with E-state index >= 15 is 0 Å². The molecule has 0 N–H and O–H groups in total. The number of thiophene rings is 1. The average Bonchev–Trinajstić information content (AvgIpc) is 2.40. The van der Waals surface area contributed by atoms with Crippen molar-refractivity contribution in [3.63, 3.8) is 0 Å². The zero-order valence-electron chi connectivity index (χ0n) is 5.92.